The largest absolute Gasteiger partial charge is 0.331 e. The standard InChI is InChI=1S/C12H14FN3OS/c1-7-2-5-9(6-10(7)13)14-12(18)16-15-11(17)8-3-4-8/h2,5-6,8H,3-4H2,1H3,(H,15,17)(H2,14,16,18). The first-order valence-corrected chi connectivity index (χ1v) is 6.10. The Bertz CT molecular complexity index is 488. The van der Waals surface area contributed by atoms with Crippen LogP contribution in [0, 0.1) is 18.7 Å². The molecule has 3 N–H and O–H groups in total. The highest BCUT2D eigenvalue weighted by Gasteiger charge is 2.29. The monoisotopic (exact) mass is 267 g/mol. The van der Waals surface area contributed by atoms with Crippen molar-refractivity contribution in [3.63, 3.8) is 0 Å². The maximum atomic E-state index is 13.3. The number of hydrazine groups is 1. The Morgan fingerprint density at radius 2 is 2.11 bits per heavy atom. The number of aryl methyl sites for hydroxylation is 1. The fourth-order valence-electron chi connectivity index (χ4n) is 1.40. The lowest BCUT2D eigenvalue weighted by atomic mass is 10.2. The molecule has 0 saturated heterocycles. The number of carbonyl (C=O) groups is 1. The number of benzene rings is 1. The van der Waals surface area contributed by atoms with Crippen molar-refractivity contribution >= 4 is 28.9 Å². The Hall–Kier alpha value is -1.69. The molecule has 18 heavy (non-hydrogen) atoms. The number of carbonyl (C=O) groups excluding carboxylic acids is 1. The molecule has 0 heterocycles. The Morgan fingerprint density at radius 3 is 2.72 bits per heavy atom. The molecule has 4 nitrogen and oxygen atoms in total. The first-order chi connectivity index (χ1) is 8.56. The molecule has 0 radical (unpaired) electrons. The van der Waals surface area contributed by atoms with E-state index in [2.05, 4.69) is 16.2 Å². The highest BCUT2D eigenvalue weighted by atomic mass is 32.1. The number of hydrogen-bond donors (Lipinski definition) is 3. The Labute approximate surface area is 110 Å². The minimum absolute atomic E-state index is 0.0609. The third-order valence-corrected chi connectivity index (χ3v) is 2.88. The van der Waals surface area contributed by atoms with Crippen LogP contribution in [-0.2, 0) is 4.79 Å². The zero-order chi connectivity index (χ0) is 13.1. The molecule has 96 valence electrons. The molecule has 1 aliphatic carbocycles. The zero-order valence-corrected chi connectivity index (χ0v) is 10.7. The Kier molecular flexibility index (Phi) is 3.76. The molecule has 1 saturated carbocycles. The van der Waals surface area contributed by atoms with Gasteiger partial charge >= 0.3 is 0 Å². The summed E-state index contributed by atoms with van der Waals surface area (Å²) in [7, 11) is 0. The first kappa shape index (κ1) is 12.8. The topological polar surface area (TPSA) is 53.2 Å². The van der Waals surface area contributed by atoms with Crippen LogP contribution in [0.2, 0.25) is 0 Å². The van der Waals surface area contributed by atoms with E-state index in [1.54, 1.807) is 19.1 Å². The predicted octanol–water partition coefficient (Wildman–Crippen LogP) is 1.86. The van der Waals surface area contributed by atoms with E-state index in [0.29, 0.717) is 11.3 Å². The van der Waals surface area contributed by atoms with Gasteiger partial charge in [0.25, 0.3) is 0 Å². The van der Waals surface area contributed by atoms with E-state index in [4.69, 9.17) is 12.2 Å². The molecule has 1 aromatic rings. The van der Waals surface area contributed by atoms with Gasteiger partial charge < -0.3 is 5.32 Å². The van der Waals surface area contributed by atoms with E-state index in [9.17, 15) is 9.18 Å². The summed E-state index contributed by atoms with van der Waals surface area (Å²) in [6.45, 7) is 1.69. The fraction of sp³-hybridized carbons (Fsp3) is 0.333. The molecule has 0 aromatic heterocycles. The van der Waals surface area contributed by atoms with Crippen LogP contribution in [0.3, 0.4) is 0 Å². The number of thiocarbonyl (C=S) groups is 1. The molecule has 6 heteroatoms. The predicted molar refractivity (Wildman–Crippen MR) is 71.4 cm³/mol. The minimum Gasteiger partial charge on any atom is -0.331 e. The van der Waals surface area contributed by atoms with Gasteiger partial charge in [-0.1, -0.05) is 6.07 Å². The van der Waals surface area contributed by atoms with Crippen LogP contribution in [-0.4, -0.2) is 11.0 Å². The fourth-order valence-corrected chi connectivity index (χ4v) is 1.57. The molecule has 0 unspecified atom stereocenters. The summed E-state index contributed by atoms with van der Waals surface area (Å²) in [5.41, 5.74) is 6.20. The first-order valence-electron chi connectivity index (χ1n) is 5.69. The van der Waals surface area contributed by atoms with Gasteiger partial charge in [0.1, 0.15) is 5.82 Å². The number of anilines is 1. The quantitative estimate of drug-likeness (QED) is 0.565. The maximum absolute atomic E-state index is 13.3. The van der Waals surface area contributed by atoms with Crippen LogP contribution in [0.15, 0.2) is 18.2 Å². The van der Waals surface area contributed by atoms with Gasteiger partial charge in [0.2, 0.25) is 5.91 Å². The molecule has 1 aromatic carbocycles. The van der Waals surface area contributed by atoms with Crippen LogP contribution < -0.4 is 16.2 Å². The lowest BCUT2D eigenvalue weighted by molar-refractivity contribution is -0.122. The van der Waals surface area contributed by atoms with Crippen molar-refractivity contribution in [2.75, 3.05) is 5.32 Å². The number of amides is 1. The third-order valence-electron chi connectivity index (χ3n) is 2.68. The van der Waals surface area contributed by atoms with Crippen molar-refractivity contribution in [3.8, 4) is 0 Å². The lowest BCUT2D eigenvalue weighted by Gasteiger charge is -2.11. The Morgan fingerprint density at radius 1 is 1.39 bits per heavy atom. The van der Waals surface area contributed by atoms with E-state index in [1.165, 1.54) is 6.07 Å². The molecule has 0 aliphatic heterocycles. The molecule has 2 rings (SSSR count). The van der Waals surface area contributed by atoms with Crippen LogP contribution >= 0.6 is 12.2 Å². The highest BCUT2D eigenvalue weighted by Crippen LogP contribution is 2.28. The van der Waals surface area contributed by atoms with Gasteiger partial charge in [-0.2, -0.15) is 0 Å². The summed E-state index contributed by atoms with van der Waals surface area (Å²) in [5, 5.41) is 3.02. The highest BCUT2D eigenvalue weighted by molar-refractivity contribution is 7.80. The van der Waals surface area contributed by atoms with Crippen molar-refractivity contribution in [2.24, 2.45) is 5.92 Å². The second-order valence-electron chi connectivity index (χ2n) is 4.31. The van der Waals surface area contributed by atoms with Gasteiger partial charge in [-0.15, -0.1) is 0 Å². The van der Waals surface area contributed by atoms with Gasteiger partial charge in [-0.05, 0) is 49.7 Å². The summed E-state index contributed by atoms with van der Waals surface area (Å²) >= 11 is 4.98. The van der Waals surface area contributed by atoms with Crippen molar-refractivity contribution < 1.29 is 9.18 Å². The van der Waals surface area contributed by atoms with Crippen LogP contribution in [0.1, 0.15) is 18.4 Å². The Balaban J connectivity index is 1.82. The van der Waals surface area contributed by atoms with Crippen molar-refractivity contribution in [1.29, 1.82) is 0 Å². The SMILES string of the molecule is Cc1ccc(NC(=S)NNC(=O)C2CC2)cc1F. The van der Waals surface area contributed by atoms with Crippen LogP contribution in [0.5, 0.6) is 0 Å². The number of hydrogen-bond acceptors (Lipinski definition) is 2. The second kappa shape index (κ2) is 5.30. The van der Waals surface area contributed by atoms with Crippen molar-refractivity contribution in [1.82, 2.24) is 10.9 Å². The third kappa shape index (κ3) is 3.40. The van der Waals surface area contributed by atoms with Gasteiger partial charge in [0.15, 0.2) is 5.11 Å². The number of nitrogens with one attached hydrogen (secondary N) is 3. The van der Waals surface area contributed by atoms with E-state index in [1.807, 2.05) is 0 Å². The molecule has 1 amide bonds. The summed E-state index contributed by atoms with van der Waals surface area (Å²) in [5.74, 6) is -0.254. The molecular weight excluding hydrogens is 253 g/mol. The molecular formula is C12H14FN3OS. The number of rotatable bonds is 2. The lowest BCUT2D eigenvalue weighted by Crippen LogP contribution is -2.44. The summed E-state index contributed by atoms with van der Waals surface area (Å²) in [6.07, 6.45) is 1.85. The summed E-state index contributed by atoms with van der Waals surface area (Å²) in [4.78, 5) is 11.3. The van der Waals surface area contributed by atoms with E-state index in [-0.39, 0.29) is 22.8 Å². The maximum Gasteiger partial charge on any atom is 0.241 e. The second-order valence-corrected chi connectivity index (χ2v) is 4.71. The van der Waals surface area contributed by atoms with Crippen LogP contribution in [0.25, 0.3) is 0 Å². The van der Waals surface area contributed by atoms with E-state index < -0.39 is 0 Å². The molecule has 0 atom stereocenters. The van der Waals surface area contributed by atoms with Crippen molar-refractivity contribution in [3.05, 3.63) is 29.6 Å². The minimum atomic E-state index is -0.301. The number of halogens is 1. The average Bonchev–Trinajstić information content (AvgIpc) is 3.15. The zero-order valence-electron chi connectivity index (χ0n) is 9.92. The molecule has 0 spiro atoms. The van der Waals surface area contributed by atoms with Crippen LogP contribution in [0.4, 0.5) is 10.1 Å². The molecule has 0 bridgehead atoms. The van der Waals surface area contributed by atoms with Gasteiger partial charge in [0, 0.05) is 11.6 Å². The normalized spacial score (nSPS) is 13.9. The van der Waals surface area contributed by atoms with Crippen molar-refractivity contribution in [2.45, 2.75) is 19.8 Å². The van der Waals surface area contributed by atoms with Gasteiger partial charge in [0.05, 0.1) is 0 Å². The van der Waals surface area contributed by atoms with Gasteiger partial charge in [-0.3, -0.25) is 15.6 Å². The molecule has 1 fully saturated rings. The van der Waals surface area contributed by atoms with E-state index in [0.717, 1.165) is 12.8 Å². The summed E-state index contributed by atoms with van der Waals surface area (Å²) < 4.78 is 13.3. The smallest absolute Gasteiger partial charge is 0.241 e. The van der Waals surface area contributed by atoms with E-state index >= 15 is 0 Å². The van der Waals surface area contributed by atoms with Gasteiger partial charge in [-0.25, -0.2) is 4.39 Å². The molecule has 1 aliphatic rings. The summed E-state index contributed by atoms with van der Waals surface area (Å²) in [6, 6.07) is 4.73. The average molecular weight is 267 g/mol.